The number of nitrogens with zero attached hydrogens (tertiary/aromatic N) is 2. The van der Waals surface area contributed by atoms with Gasteiger partial charge in [0.1, 0.15) is 48.5 Å². The smallest absolute Gasteiger partial charge is 0.408 e. The summed E-state index contributed by atoms with van der Waals surface area (Å²) < 4.78 is 28.5. The number of aliphatic imine (C=N–C) groups is 1. The Labute approximate surface area is 315 Å². The van der Waals surface area contributed by atoms with Gasteiger partial charge >= 0.3 is 18.0 Å². The van der Waals surface area contributed by atoms with Gasteiger partial charge < -0.3 is 44.4 Å². The minimum atomic E-state index is -2.23. The maximum absolute atomic E-state index is 13.6. The Morgan fingerprint density at radius 1 is 1.13 bits per heavy atom. The van der Waals surface area contributed by atoms with Gasteiger partial charge in [-0.3, -0.25) is 15.0 Å². The van der Waals surface area contributed by atoms with Crippen LogP contribution in [-0.2, 0) is 50.1 Å². The summed E-state index contributed by atoms with van der Waals surface area (Å²) in [4.78, 5) is 59.2. The first-order valence-electron chi connectivity index (χ1n) is 17.8. The molecule has 1 fully saturated rings. The molecule has 0 radical (unpaired) electrons. The van der Waals surface area contributed by atoms with E-state index in [1.54, 1.807) is 78.8 Å². The summed E-state index contributed by atoms with van der Waals surface area (Å²) in [5, 5.41) is 35.1. The van der Waals surface area contributed by atoms with Crippen molar-refractivity contribution in [1.29, 1.82) is 10.7 Å². The quantitative estimate of drug-likeness (QED) is 0.0544. The molecule has 0 unspecified atom stereocenters. The number of aromatic amines is 1. The molecule has 294 valence electrons. The van der Waals surface area contributed by atoms with Crippen molar-refractivity contribution in [3.05, 3.63) is 59.4 Å². The minimum Gasteiger partial charge on any atom is -0.463 e. The highest BCUT2D eigenvalue weighted by Crippen LogP contribution is 2.41. The van der Waals surface area contributed by atoms with Gasteiger partial charge in [-0.15, -0.1) is 0 Å². The van der Waals surface area contributed by atoms with Crippen LogP contribution in [0.25, 0.3) is 0 Å². The van der Waals surface area contributed by atoms with E-state index in [9.17, 15) is 29.5 Å². The van der Waals surface area contributed by atoms with Crippen LogP contribution in [0.5, 0.6) is 0 Å². The molecule has 1 aromatic carbocycles. The van der Waals surface area contributed by atoms with Gasteiger partial charge in [-0.25, -0.2) is 14.6 Å². The van der Waals surface area contributed by atoms with Gasteiger partial charge in [-0.2, -0.15) is 5.26 Å². The molecule has 5 N–H and O–H groups in total. The number of esters is 2. The molecule has 0 aliphatic carbocycles. The molecule has 1 aliphatic rings. The molecule has 0 bridgehead atoms. The monoisotopic (exact) mass is 752 g/mol. The number of carbonyl (C=O) groups excluding carboxylic acids is 4. The molecule has 3 rings (SSSR count). The lowest BCUT2D eigenvalue weighted by Crippen LogP contribution is -2.50. The second-order valence-corrected chi connectivity index (χ2v) is 14.6. The molecule has 0 saturated carbocycles. The molecule has 16 nitrogen and oxygen atoms in total. The Balaban J connectivity index is 1.94. The molecule has 2 heterocycles. The van der Waals surface area contributed by atoms with Crippen molar-refractivity contribution >= 4 is 36.1 Å². The molecule has 16 heteroatoms. The molecule has 1 aromatic heterocycles. The number of hydrogen-bond acceptors (Lipinski definition) is 12. The summed E-state index contributed by atoms with van der Waals surface area (Å²) in [5.74, 6) is -2.74. The molecule has 1 saturated heterocycles. The summed E-state index contributed by atoms with van der Waals surface area (Å²) in [6.07, 6.45) is -3.42. The zero-order valence-electron chi connectivity index (χ0n) is 32.1. The summed E-state index contributed by atoms with van der Waals surface area (Å²) >= 11 is 0. The van der Waals surface area contributed by atoms with E-state index in [-0.39, 0.29) is 23.6 Å². The van der Waals surface area contributed by atoms with Crippen molar-refractivity contribution in [3.8, 4) is 6.07 Å². The number of alkyl carbamates (subject to hydrolysis) is 1. The molecule has 2 amide bonds. The lowest BCUT2D eigenvalue weighted by molar-refractivity contribution is -0.163. The van der Waals surface area contributed by atoms with Crippen LogP contribution in [0.2, 0.25) is 0 Å². The zero-order valence-corrected chi connectivity index (χ0v) is 32.1. The van der Waals surface area contributed by atoms with Crippen LogP contribution in [0.1, 0.15) is 85.2 Å². The lowest BCUT2D eigenvalue weighted by atomic mass is 9.92. The number of aliphatic hydroxyl groups is 1. The van der Waals surface area contributed by atoms with Crippen LogP contribution < -0.4 is 10.6 Å². The maximum Gasteiger partial charge on any atom is 0.408 e. The number of amides is 2. The fraction of sp³-hybridized carbons (Fsp3) is 0.553. The third kappa shape index (κ3) is 11.4. The van der Waals surface area contributed by atoms with E-state index in [2.05, 4.69) is 20.6 Å². The molecule has 2 aromatic rings. The van der Waals surface area contributed by atoms with E-state index in [0.717, 1.165) is 12.8 Å². The fourth-order valence-electron chi connectivity index (χ4n) is 5.36. The fourth-order valence-corrected chi connectivity index (χ4v) is 5.36. The van der Waals surface area contributed by atoms with Crippen LogP contribution in [-0.4, -0.2) is 95.0 Å². The van der Waals surface area contributed by atoms with E-state index < -0.39 is 77.6 Å². The van der Waals surface area contributed by atoms with Crippen molar-refractivity contribution in [2.45, 2.75) is 116 Å². The van der Waals surface area contributed by atoms with Crippen LogP contribution in [0.15, 0.2) is 47.5 Å². The normalized spacial score (nSPS) is 20.8. The van der Waals surface area contributed by atoms with Crippen LogP contribution >= 0.6 is 0 Å². The largest absolute Gasteiger partial charge is 0.463 e. The van der Waals surface area contributed by atoms with E-state index in [4.69, 9.17) is 29.1 Å². The van der Waals surface area contributed by atoms with Gasteiger partial charge in [0, 0.05) is 6.61 Å². The number of aromatic nitrogens is 1. The first-order valence-corrected chi connectivity index (χ1v) is 17.8. The summed E-state index contributed by atoms with van der Waals surface area (Å²) in [5.41, 5.74) is -3.53. The van der Waals surface area contributed by atoms with Gasteiger partial charge in [-0.05, 0) is 64.7 Å². The highest BCUT2D eigenvalue weighted by atomic mass is 16.6. The average molecular weight is 753 g/mol. The van der Waals surface area contributed by atoms with Gasteiger partial charge in [0.25, 0.3) is 5.91 Å². The van der Waals surface area contributed by atoms with Crippen LogP contribution in [0.4, 0.5) is 4.79 Å². The Kier molecular flexibility index (Phi) is 15.1. The molecular formula is C38H52N6O10. The third-order valence-corrected chi connectivity index (χ3v) is 8.32. The number of aliphatic hydroxyl groups excluding tert-OH is 1. The van der Waals surface area contributed by atoms with Gasteiger partial charge in [0.15, 0.2) is 11.9 Å². The van der Waals surface area contributed by atoms with Crippen molar-refractivity contribution in [2.24, 2.45) is 10.9 Å². The van der Waals surface area contributed by atoms with Crippen molar-refractivity contribution in [1.82, 2.24) is 15.6 Å². The van der Waals surface area contributed by atoms with Gasteiger partial charge in [-0.1, -0.05) is 57.5 Å². The van der Waals surface area contributed by atoms with E-state index in [1.807, 2.05) is 13.0 Å². The Hall–Kier alpha value is -5.11. The number of nitrogens with one attached hydrogen (secondary N) is 4. The first kappa shape index (κ1) is 43.3. The molecule has 0 spiro atoms. The highest BCUT2D eigenvalue weighted by molar-refractivity contribution is 6.10. The molecule has 1 aliphatic heterocycles. The number of H-pyrrole nitrogens is 1. The zero-order chi connectivity index (χ0) is 40.3. The van der Waals surface area contributed by atoms with Gasteiger partial charge in [0.05, 0.1) is 17.8 Å². The van der Waals surface area contributed by atoms with Crippen LogP contribution in [0.3, 0.4) is 0 Å². The van der Waals surface area contributed by atoms with Crippen LogP contribution in [0, 0.1) is 22.7 Å². The van der Waals surface area contributed by atoms with Gasteiger partial charge in [0.2, 0.25) is 5.60 Å². The number of ether oxygens (including phenoxy) is 5. The standard InChI is InChI=1S/C38H52N6O10/c1-9-10-18-51-37(7,8)34(48)44-32(41-22-40)25-16-17-27(42-25)38(21-39)31(46)30(26(53-38)20-50-28(45)19-24-14-12-11-13-15-24)52-33(47)29(23(2)3)43-35(49)54-36(4,5)6/h11-17,22-23,26,29-31,42,46H,9-10,18-20H2,1-8H3,(H,43,49)(H2,40,41,44,48)/t26-,29-,30-,31-,38+/m1/s1. The van der Waals surface area contributed by atoms with Crippen molar-refractivity contribution in [3.63, 3.8) is 0 Å². The summed E-state index contributed by atoms with van der Waals surface area (Å²) in [6, 6.07) is 12.4. The van der Waals surface area contributed by atoms with Crippen molar-refractivity contribution < 1.29 is 48.0 Å². The number of carbonyl (C=O) groups is 4. The average Bonchev–Trinajstić information content (AvgIpc) is 3.69. The van der Waals surface area contributed by atoms with E-state index >= 15 is 0 Å². The SMILES string of the molecule is CCCCOC(C)(C)C(=O)N/C(=N/C=N)c1ccc([C@]2(C#N)O[C@H](COC(=O)Cc3ccccc3)[C@@H](OC(=O)[C@H](NC(=O)OC(C)(C)C)C(C)C)[C@H]2O)[nH]1. The Morgan fingerprint density at radius 2 is 1.81 bits per heavy atom. The molecule has 54 heavy (non-hydrogen) atoms. The summed E-state index contributed by atoms with van der Waals surface area (Å²) in [6.45, 7) is 13.3. The number of unbranched alkanes of at least 4 members (excludes halogenated alkanes) is 1. The number of hydrogen-bond donors (Lipinski definition) is 5. The predicted molar refractivity (Wildman–Crippen MR) is 196 cm³/mol. The Morgan fingerprint density at radius 3 is 2.41 bits per heavy atom. The first-order chi connectivity index (χ1) is 25.4. The molecule has 5 atom stereocenters. The predicted octanol–water partition coefficient (Wildman–Crippen LogP) is 3.81. The number of nitriles is 1. The maximum atomic E-state index is 13.6. The summed E-state index contributed by atoms with van der Waals surface area (Å²) in [7, 11) is 0. The minimum absolute atomic E-state index is 0.0238. The second-order valence-electron chi connectivity index (χ2n) is 14.6. The molecular weight excluding hydrogens is 700 g/mol. The van der Waals surface area contributed by atoms with E-state index in [0.29, 0.717) is 18.5 Å². The second kappa shape index (κ2) is 18.8. The number of rotatable bonds is 16. The van der Waals surface area contributed by atoms with Crippen molar-refractivity contribution in [2.75, 3.05) is 13.2 Å². The topological polar surface area (TPSA) is 235 Å². The number of amidine groups is 1. The lowest BCUT2D eigenvalue weighted by Gasteiger charge is -2.28. The van der Waals surface area contributed by atoms with E-state index in [1.165, 1.54) is 12.1 Å². The highest BCUT2D eigenvalue weighted by Gasteiger charge is 2.59. The number of benzene rings is 1. The third-order valence-electron chi connectivity index (χ3n) is 8.32. The Bertz CT molecular complexity index is 1690.